The molecular formula is C18H22ClN2O2+. The minimum absolute atomic E-state index is 0.0165. The van der Waals surface area contributed by atoms with E-state index < -0.39 is 0 Å². The summed E-state index contributed by atoms with van der Waals surface area (Å²) >= 11 is 6.01. The van der Waals surface area contributed by atoms with E-state index in [1.54, 1.807) is 13.2 Å². The van der Waals surface area contributed by atoms with Gasteiger partial charge in [-0.05, 0) is 31.2 Å². The lowest BCUT2D eigenvalue weighted by Crippen LogP contribution is -3.11. The van der Waals surface area contributed by atoms with Gasteiger partial charge in [-0.2, -0.15) is 0 Å². The van der Waals surface area contributed by atoms with E-state index in [0.29, 0.717) is 6.54 Å². The highest BCUT2D eigenvalue weighted by molar-refractivity contribution is 6.30. The van der Waals surface area contributed by atoms with Gasteiger partial charge in [0.25, 0.3) is 5.91 Å². The van der Waals surface area contributed by atoms with E-state index >= 15 is 0 Å². The molecule has 122 valence electrons. The number of likely N-dealkylation sites (N-methyl/N-ethyl adjacent to an activating group) is 1. The van der Waals surface area contributed by atoms with Crippen LogP contribution in [0, 0.1) is 0 Å². The molecule has 0 fully saturated rings. The summed E-state index contributed by atoms with van der Waals surface area (Å²) in [4.78, 5) is 13.4. The molecule has 2 rings (SSSR count). The standard InChI is InChI=1S/C18H21ClN2O2/c1-3-21(12-14-6-4-7-15(19)10-14)13-18(22)20-16-8-5-9-17(11-16)23-2/h4-11H,3,12-13H2,1-2H3,(H,20,22)/p+1. The van der Waals surface area contributed by atoms with Crippen LogP contribution >= 0.6 is 11.6 Å². The molecule has 4 nitrogen and oxygen atoms in total. The molecule has 0 radical (unpaired) electrons. The number of halogens is 1. The largest absolute Gasteiger partial charge is 0.497 e. The molecule has 0 aromatic heterocycles. The second-order valence-corrected chi connectivity index (χ2v) is 5.80. The number of methoxy groups -OCH3 is 1. The number of carbonyl (C=O) groups is 1. The van der Waals surface area contributed by atoms with Crippen molar-refractivity contribution in [3.05, 3.63) is 59.1 Å². The highest BCUT2D eigenvalue weighted by Gasteiger charge is 2.13. The molecule has 1 atom stereocenters. The molecule has 5 heteroatoms. The Balaban J connectivity index is 1.93. The van der Waals surface area contributed by atoms with E-state index in [1.165, 1.54) is 4.90 Å². The fourth-order valence-electron chi connectivity index (χ4n) is 2.38. The van der Waals surface area contributed by atoms with Crippen LogP contribution in [0.25, 0.3) is 0 Å². The van der Waals surface area contributed by atoms with E-state index in [0.717, 1.165) is 35.1 Å². The van der Waals surface area contributed by atoms with Crippen LogP contribution in [0.3, 0.4) is 0 Å². The summed E-state index contributed by atoms with van der Waals surface area (Å²) in [6, 6.07) is 15.1. The zero-order valence-electron chi connectivity index (χ0n) is 13.4. The second kappa shape index (κ2) is 8.56. The third kappa shape index (κ3) is 5.58. The Morgan fingerprint density at radius 3 is 2.70 bits per heavy atom. The summed E-state index contributed by atoms with van der Waals surface area (Å²) in [6.45, 7) is 4.10. The normalized spacial score (nSPS) is 11.8. The van der Waals surface area contributed by atoms with Gasteiger partial charge in [-0.1, -0.05) is 29.8 Å². The first-order chi connectivity index (χ1) is 11.1. The molecule has 0 heterocycles. The number of anilines is 1. The minimum atomic E-state index is -0.0165. The van der Waals surface area contributed by atoms with E-state index in [2.05, 4.69) is 12.2 Å². The number of amides is 1. The third-order valence-electron chi connectivity index (χ3n) is 3.61. The van der Waals surface area contributed by atoms with Crippen molar-refractivity contribution in [2.24, 2.45) is 0 Å². The van der Waals surface area contributed by atoms with Gasteiger partial charge in [0.15, 0.2) is 6.54 Å². The van der Waals surface area contributed by atoms with Gasteiger partial charge in [-0.3, -0.25) is 4.79 Å². The summed E-state index contributed by atoms with van der Waals surface area (Å²) < 4.78 is 5.16. The predicted octanol–water partition coefficient (Wildman–Crippen LogP) is 2.39. The minimum Gasteiger partial charge on any atom is -0.497 e. The van der Waals surface area contributed by atoms with Crippen LogP contribution in [0.2, 0.25) is 5.02 Å². The van der Waals surface area contributed by atoms with Crippen molar-refractivity contribution in [3.63, 3.8) is 0 Å². The van der Waals surface area contributed by atoms with Crippen LogP contribution in [0.5, 0.6) is 5.75 Å². The molecule has 0 aliphatic heterocycles. The SMILES string of the molecule is CC[NH+](CC(=O)Nc1cccc(OC)c1)Cc1cccc(Cl)c1. The third-order valence-corrected chi connectivity index (χ3v) is 3.84. The Morgan fingerprint density at radius 1 is 1.22 bits per heavy atom. The monoisotopic (exact) mass is 333 g/mol. The van der Waals surface area contributed by atoms with Gasteiger partial charge >= 0.3 is 0 Å². The summed E-state index contributed by atoms with van der Waals surface area (Å²) in [7, 11) is 1.61. The average Bonchev–Trinajstić information content (AvgIpc) is 2.54. The van der Waals surface area contributed by atoms with Crippen LogP contribution in [0.15, 0.2) is 48.5 Å². The zero-order chi connectivity index (χ0) is 16.7. The first-order valence-corrected chi connectivity index (χ1v) is 8.00. The van der Waals surface area contributed by atoms with E-state index in [4.69, 9.17) is 16.3 Å². The van der Waals surface area contributed by atoms with E-state index in [9.17, 15) is 4.79 Å². The lowest BCUT2D eigenvalue weighted by Gasteiger charge is -2.17. The Bertz CT molecular complexity index is 661. The van der Waals surface area contributed by atoms with Crippen molar-refractivity contribution in [2.75, 3.05) is 25.5 Å². The number of benzene rings is 2. The molecule has 2 aromatic carbocycles. The van der Waals surface area contributed by atoms with Gasteiger partial charge in [0.1, 0.15) is 12.3 Å². The first kappa shape index (κ1) is 17.3. The van der Waals surface area contributed by atoms with Gasteiger partial charge in [0, 0.05) is 22.3 Å². The Kier molecular flexibility index (Phi) is 6.44. The molecule has 2 aromatic rings. The molecule has 1 amide bonds. The number of ether oxygens (including phenoxy) is 1. The van der Waals surface area contributed by atoms with Gasteiger partial charge in [0.2, 0.25) is 0 Å². The fraction of sp³-hybridized carbons (Fsp3) is 0.278. The van der Waals surface area contributed by atoms with Crippen LogP contribution in [0.1, 0.15) is 12.5 Å². The van der Waals surface area contributed by atoms with Crippen molar-refractivity contribution < 1.29 is 14.4 Å². The quantitative estimate of drug-likeness (QED) is 0.817. The summed E-state index contributed by atoms with van der Waals surface area (Å²) in [5.74, 6) is 0.707. The van der Waals surface area contributed by atoms with Crippen LogP contribution in [-0.4, -0.2) is 26.1 Å². The average molecular weight is 334 g/mol. The van der Waals surface area contributed by atoms with Crippen LogP contribution in [0.4, 0.5) is 5.69 Å². The molecule has 0 aliphatic rings. The number of hydrogen-bond acceptors (Lipinski definition) is 2. The number of rotatable bonds is 7. The van der Waals surface area contributed by atoms with Crippen LogP contribution < -0.4 is 15.0 Å². The molecule has 0 spiro atoms. The number of nitrogens with one attached hydrogen (secondary N) is 2. The second-order valence-electron chi connectivity index (χ2n) is 5.37. The molecule has 1 unspecified atom stereocenters. The maximum Gasteiger partial charge on any atom is 0.279 e. The molecule has 0 saturated heterocycles. The number of hydrogen-bond donors (Lipinski definition) is 2. The van der Waals surface area contributed by atoms with Gasteiger partial charge < -0.3 is 15.0 Å². The van der Waals surface area contributed by atoms with E-state index in [1.807, 2.05) is 42.5 Å². The Hall–Kier alpha value is -2.04. The molecule has 2 N–H and O–H groups in total. The number of quaternary nitrogens is 1. The van der Waals surface area contributed by atoms with E-state index in [-0.39, 0.29) is 5.91 Å². The zero-order valence-corrected chi connectivity index (χ0v) is 14.2. The molecule has 0 aliphatic carbocycles. The summed E-state index contributed by atoms with van der Waals surface area (Å²) in [5, 5.41) is 3.63. The molecule has 23 heavy (non-hydrogen) atoms. The topological polar surface area (TPSA) is 42.8 Å². The van der Waals surface area contributed by atoms with Crippen molar-refractivity contribution in [2.45, 2.75) is 13.5 Å². The maximum absolute atomic E-state index is 12.2. The summed E-state index contributed by atoms with van der Waals surface area (Å²) in [6.07, 6.45) is 0. The first-order valence-electron chi connectivity index (χ1n) is 7.62. The van der Waals surface area contributed by atoms with Gasteiger partial charge in [0.05, 0.1) is 13.7 Å². The van der Waals surface area contributed by atoms with Crippen molar-refractivity contribution >= 4 is 23.2 Å². The van der Waals surface area contributed by atoms with Gasteiger partial charge in [-0.25, -0.2) is 0 Å². The molecule has 0 saturated carbocycles. The highest BCUT2D eigenvalue weighted by atomic mass is 35.5. The highest BCUT2D eigenvalue weighted by Crippen LogP contribution is 2.16. The molecule has 0 bridgehead atoms. The summed E-state index contributed by atoms with van der Waals surface area (Å²) in [5.41, 5.74) is 1.87. The molecular weight excluding hydrogens is 312 g/mol. The van der Waals surface area contributed by atoms with Gasteiger partial charge in [-0.15, -0.1) is 0 Å². The lowest BCUT2D eigenvalue weighted by atomic mass is 10.2. The smallest absolute Gasteiger partial charge is 0.279 e. The number of carbonyl (C=O) groups excluding carboxylic acids is 1. The Morgan fingerprint density at radius 2 is 2.00 bits per heavy atom. The lowest BCUT2D eigenvalue weighted by molar-refractivity contribution is -0.903. The van der Waals surface area contributed by atoms with Crippen molar-refractivity contribution in [1.82, 2.24) is 0 Å². The maximum atomic E-state index is 12.2. The predicted molar refractivity (Wildman–Crippen MR) is 93.2 cm³/mol. The van der Waals surface area contributed by atoms with Crippen molar-refractivity contribution in [1.29, 1.82) is 0 Å². The fourth-order valence-corrected chi connectivity index (χ4v) is 2.59. The van der Waals surface area contributed by atoms with Crippen molar-refractivity contribution in [3.8, 4) is 5.75 Å². The Labute approximate surface area is 142 Å². The van der Waals surface area contributed by atoms with Crippen LogP contribution in [-0.2, 0) is 11.3 Å².